The summed E-state index contributed by atoms with van der Waals surface area (Å²) in [5.41, 5.74) is 4.35. The van der Waals surface area contributed by atoms with E-state index in [9.17, 15) is 10.1 Å². The minimum absolute atomic E-state index is 0.187. The molecule has 1 heterocycles. The maximum Gasteiger partial charge on any atom is 0.367 e. The van der Waals surface area contributed by atoms with E-state index in [0.717, 1.165) is 16.9 Å². The van der Waals surface area contributed by atoms with E-state index in [2.05, 4.69) is 40.6 Å². The zero-order valence-corrected chi connectivity index (χ0v) is 17.0. The third kappa shape index (κ3) is 3.83. The summed E-state index contributed by atoms with van der Waals surface area (Å²) in [4.78, 5) is 18.3. The van der Waals surface area contributed by atoms with Gasteiger partial charge in [0.05, 0.1) is 12.8 Å². The summed E-state index contributed by atoms with van der Waals surface area (Å²) in [6, 6.07) is 19.6. The minimum atomic E-state index is -0.757. The van der Waals surface area contributed by atoms with Crippen molar-refractivity contribution in [2.45, 2.75) is 19.3 Å². The first-order chi connectivity index (χ1) is 13.9. The second-order valence-electron chi connectivity index (χ2n) is 7.23. The van der Waals surface area contributed by atoms with Crippen LogP contribution < -0.4 is 4.90 Å². The molecule has 0 unspecified atom stereocenters. The molecule has 2 aromatic carbocycles. The predicted octanol–water partition coefficient (Wildman–Crippen LogP) is 4.48. The van der Waals surface area contributed by atoms with Crippen LogP contribution in [0, 0.1) is 11.3 Å². The molecule has 5 heteroatoms. The number of esters is 1. The van der Waals surface area contributed by atoms with Crippen molar-refractivity contribution in [3.05, 3.63) is 83.6 Å². The molecule has 0 spiro atoms. The molecule has 0 aromatic heterocycles. The van der Waals surface area contributed by atoms with E-state index >= 15 is 0 Å². The van der Waals surface area contributed by atoms with Crippen LogP contribution in [0.2, 0.25) is 0 Å². The smallest absolute Gasteiger partial charge is 0.367 e. The van der Waals surface area contributed by atoms with Crippen LogP contribution in [0.3, 0.4) is 0 Å². The van der Waals surface area contributed by atoms with Crippen molar-refractivity contribution in [2.75, 3.05) is 19.1 Å². The number of hydrogen-bond acceptors (Lipinski definition) is 5. The Morgan fingerprint density at radius 2 is 1.79 bits per heavy atom. The summed E-state index contributed by atoms with van der Waals surface area (Å²) < 4.78 is 4.67. The Morgan fingerprint density at radius 3 is 2.41 bits per heavy atom. The minimum Gasteiger partial charge on any atom is -0.464 e. The molecule has 0 fully saturated rings. The molecule has 1 aliphatic rings. The molecule has 0 amide bonds. The monoisotopic (exact) mass is 385 g/mol. The third-order valence-corrected chi connectivity index (χ3v) is 5.13. The second-order valence-corrected chi connectivity index (χ2v) is 7.23. The molecule has 5 nitrogen and oxygen atoms in total. The van der Waals surface area contributed by atoms with Crippen molar-refractivity contribution >= 4 is 23.1 Å². The SMILES string of the molecule is COC(=O)C(C#N)=N/C(=C\C=C1/N(C)c2ccccc2C1(C)C)c1ccccc1. The van der Waals surface area contributed by atoms with Crippen LogP contribution in [0.15, 0.2) is 77.4 Å². The quantitative estimate of drug-likeness (QED) is 0.575. The molecule has 0 atom stereocenters. The number of aliphatic imine (C=N–C) groups is 1. The van der Waals surface area contributed by atoms with Crippen LogP contribution in [0.4, 0.5) is 5.69 Å². The largest absolute Gasteiger partial charge is 0.464 e. The highest BCUT2D eigenvalue weighted by molar-refractivity contribution is 6.43. The normalized spacial score (nSPS) is 17.1. The number of nitriles is 1. The van der Waals surface area contributed by atoms with Gasteiger partial charge in [0.2, 0.25) is 5.71 Å². The molecule has 29 heavy (non-hydrogen) atoms. The molecule has 0 saturated heterocycles. The molecular weight excluding hydrogens is 362 g/mol. The lowest BCUT2D eigenvalue weighted by Crippen LogP contribution is -2.22. The lowest BCUT2D eigenvalue weighted by Gasteiger charge is -2.23. The number of carbonyl (C=O) groups excluding carboxylic acids is 1. The van der Waals surface area contributed by atoms with Gasteiger partial charge in [0.15, 0.2) is 0 Å². The summed E-state index contributed by atoms with van der Waals surface area (Å²) in [6.07, 6.45) is 3.84. The number of carbonyl (C=O) groups is 1. The first-order valence-corrected chi connectivity index (χ1v) is 9.28. The fourth-order valence-corrected chi connectivity index (χ4v) is 3.60. The average molecular weight is 385 g/mol. The van der Waals surface area contributed by atoms with E-state index in [1.165, 1.54) is 12.7 Å². The molecule has 0 N–H and O–H groups in total. The zero-order valence-electron chi connectivity index (χ0n) is 17.0. The summed E-state index contributed by atoms with van der Waals surface area (Å²) >= 11 is 0. The summed E-state index contributed by atoms with van der Waals surface area (Å²) in [7, 11) is 3.27. The molecule has 0 aliphatic carbocycles. The van der Waals surface area contributed by atoms with Crippen molar-refractivity contribution in [1.82, 2.24) is 0 Å². The Kier molecular flexibility index (Phi) is 5.65. The van der Waals surface area contributed by atoms with Crippen LogP contribution >= 0.6 is 0 Å². The molecule has 1 aliphatic heterocycles. The van der Waals surface area contributed by atoms with Gasteiger partial charge in [-0.2, -0.15) is 5.26 Å². The number of nitrogens with zero attached hydrogens (tertiary/aromatic N) is 3. The van der Waals surface area contributed by atoms with Crippen molar-refractivity contribution in [3.63, 3.8) is 0 Å². The first-order valence-electron chi connectivity index (χ1n) is 9.28. The lowest BCUT2D eigenvalue weighted by atomic mass is 9.83. The van der Waals surface area contributed by atoms with E-state index in [4.69, 9.17) is 0 Å². The van der Waals surface area contributed by atoms with Gasteiger partial charge in [-0.05, 0) is 23.8 Å². The fourth-order valence-electron chi connectivity index (χ4n) is 3.60. The van der Waals surface area contributed by atoms with Gasteiger partial charge in [-0.1, -0.05) is 62.4 Å². The number of allylic oxidation sites excluding steroid dienone is 3. The first kappa shape index (κ1) is 20.1. The number of methoxy groups -OCH3 is 1. The molecule has 0 saturated carbocycles. The number of benzene rings is 2. The lowest BCUT2D eigenvalue weighted by molar-refractivity contribution is -0.132. The van der Waals surface area contributed by atoms with Gasteiger partial charge in [0, 0.05) is 29.4 Å². The molecule has 0 radical (unpaired) electrons. The second kappa shape index (κ2) is 8.15. The molecule has 0 bridgehead atoms. The Morgan fingerprint density at radius 1 is 1.14 bits per heavy atom. The van der Waals surface area contributed by atoms with Crippen LogP contribution in [-0.4, -0.2) is 25.8 Å². The summed E-state index contributed by atoms with van der Waals surface area (Å²) in [5.74, 6) is -0.757. The average Bonchev–Trinajstić information content (AvgIpc) is 2.94. The van der Waals surface area contributed by atoms with E-state index in [-0.39, 0.29) is 11.1 Å². The third-order valence-electron chi connectivity index (χ3n) is 5.13. The van der Waals surface area contributed by atoms with Gasteiger partial charge in [-0.3, -0.25) is 0 Å². The fraction of sp³-hybridized carbons (Fsp3) is 0.208. The zero-order chi connectivity index (χ0) is 21.0. The molecule has 146 valence electrons. The molecule has 3 rings (SSSR count). The van der Waals surface area contributed by atoms with E-state index < -0.39 is 5.97 Å². The van der Waals surface area contributed by atoms with Crippen LogP contribution in [0.1, 0.15) is 25.0 Å². The number of likely N-dealkylation sites (N-methyl/N-ethyl adjacent to an activating group) is 1. The number of anilines is 1. The van der Waals surface area contributed by atoms with E-state index in [1.54, 1.807) is 0 Å². The van der Waals surface area contributed by atoms with Gasteiger partial charge >= 0.3 is 5.97 Å². The van der Waals surface area contributed by atoms with Crippen molar-refractivity contribution in [1.29, 1.82) is 5.26 Å². The Bertz CT molecular complexity index is 1060. The van der Waals surface area contributed by atoms with E-state index in [1.807, 2.05) is 67.7 Å². The predicted molar refractivity (Wildman–Crippen MR) is 115 cm³/mol. The topological polar surface area (TPSA) is 65.7 Å². The van der Waals surface area contributed by atoms with Crippen LogP contribution in [-0.2, 0) is 14.9 Å². The van der Waals surface area contributed by atoms with Gasteiger partial charge < -0.3 is 9.64 Å². The standard InChI is InChI=1S/C24H23N3O2/c1-24(2)18-12-8-9-13-21(18)27(3)22(24)15-14-19(17-10-6-5-7-11-17)26-20(16-25)23(28)29-4/h5-15H,1-4H3/b19-14-,22-15-,26-20?. The van der Waals surface area contributed by atoms with Crippen molar-refractivity contribution in [2.24, 2.45) is 4.99 Å². The maximum absolute atomic E-state index is 11.8. The Balaban J connectivity index is 2.12. The summed E-state index contributed by atoms with van der Waals surface area (Å²) in [5, 5.41) is 9.31. The van der Waals surface area contributed by atoms with Gasteiger partial charge in [-0.15, -0.1) is 0 Å². The number of para-hydroxylation sites is 1. The molecule has 2 aromatic rings. The Hall–Kier alpha value is -3.65. The number of rotatable bonds is 4. The van der Waals surface area contributed by atoms with Gasteiger partial charge in [-0.25, -0.2) is 9.79 Å². The van der Waals surface area contributed by atoms with E-state index in [0.29, 0.717) is 5.70 Å². The number of hydrogen-bond donors (Lipinski definition) is 0. The van der Waals surface area contributed by atoms with Crippen molar-refractivity contribution < 1.29 is 9.53 Å². The maximum atomic E-state index is 11.8. The Labute approximate surface area is 171 Å². The van der Waals surface area contributed by atoms with Crippen LogP contribution in [0.5, 0.6) is 0 Å². The highest BCUT2D eigenvalue weighted by Gasteiger charge is 2.37. The van der Waals surface area contributed by atoms with Gasteiger partial charge in [0.1, 0.15) is 6.07 Å². The number of fused-ring (bicyclic) bond motifs is 1. The van der Waals surface area contributed by atoms with Crippen LogP contribution in [0.25, 0.3) is 5.70 Å². The van der Waals surface area contributed by atoms with Gasteiger partial charge in [0.25, 0.3) is 0 Å². The van der Waals surface area contributed by atoms with Crippen molar-refractivity contribution in [3.8, 4) is 6.07 Å². The highest BCUT2D eigenvalue weighted by atomic mass is 16.5. The number of ether oxygens (including phenoxy) is 1. The molecular formula is C24H23N3O2. The highest BCUT2D eigenvalue weighted by Crippen LogP contribution is 2.46. The summed E-state index contributed by atoms with van der Waals surface area (Å²) in [6.45, 7) is 4.35.